The van der Waals surface area contributed by atoms with Crippen LogP contribution in [0.15, 0.2) is 35.3 Å². The van der Waals surface area contributed by atoms with Crippen molar-refractivity contribution >= 4 is 17.0 Å². The Balaban J connectivity index is 1.45. The molecule has 1 saturated carbocycles. The molecule has 0 unspecified atom stereocenters. The van der Waals surface area contributed by atoms with Crippen LogP contribution >= 0.6 is 0 Å². The summed E-state index contributed by atoms with van der Waals surface area (Å²) in [5, 5.41) is 9.61. The monoisotopic (exact) mass is 463 g/mol. The Bertz CT molecular complexity index is 1230. The number of imidazole rings is 1. The van der Waals surface area contributed by atoms with Crippen molar-refractivity contribution in [2.24, 2.45) is 17.8 Å². The number of rotatable bonds is 9. The molecule has 3 aromatic rings. The van der Waals surface area contributed by atoms with Crippen LogP contribution in [0, 0.1) is 24.7 Å². The third-order valence-corrected chi connectivity index (χ3v) is 7.39. The second-order valence-corrected chi connectivity index (χ2v) is 10.1. The molecular formula is C27H33N3O4. The van der Waals surface area contributed by atoms with Gasteiger partial charge in [0.1, 0.15) is 5.82 Å². The summed E-state index contributed by atoms with van der Waals surface area (Å²) in [4.78, 5) is 31.4. The maximum atomic E-state index is 11.9. The van der Waals surface area contributed by atoms with Gasteiger partial charge in [0.05, 0.1) is 17.0 Å². The molecule has 0 amide bonds. The van der Waals surface area contributed by atoms with Crippen LogP contribution in [0.5, 0.6) is 0 Å². The first-order valence-corrected chi connectivity index (χ1v) is 12.5. The van der Waals surface area contributed by atoms with Crippen LogP contribution in [0.3, 0.4) is 0 Å². The van der Waals surface area contributed by atoms with Crippen molar-refractivity contribution in [1.82, 2.24) is 14.5 Å². The molecule has 0 bridgehead atoms. The number of aromatic nitrogens is 3. The Kier molecular flexibility index (Phi) is 6.55. The van der Waals surface area contributed by atoms with E-state index in [1.165, 1.54) is 12.8 Å². The van der Waals surface area contributed by atoms with Crippen molar-refractivity contribution in [3.8, 4) is 11.4 Å². The average Bonchev–Trinajstić information content (AvgIpc) is 3.59. The van der Waals surface area contributed by atoms with Gasteiger partial charge < -0.3 is 19.4 Å². The number of aryl methyl sites for hydroxylation is 2. The Morgan fingerprint density at radius 1 is 1.21 bits per heavy atom. The quantitative estimate of drug-likeness (QED) is 0.485. The van der Waals surface area contributed by atoms with Crippen LogP contribution in [-0.4, -0.2) is 38.8 Å². The van der Waals surface area contributed by atoms with Crippen molar-refractivity contribution in [2.45, 2.75) is 58.4 Å². The lowest BCUT2D eigenvalue weighted by Gasteiger charge is -2.23. The number of H-pyrrole nitrogens is 1. The second kappa shape index (κ2) is 9.74. The minimum absolute atomic E-state index is 0.0858. The van der Waals surface area contributed by atoms with Crippen molar-refractivity contribution in [3.63, 3.8) is 0 Å². The molecule has 180 valence electrons. The fraction of sp³-hybridized carbons (Fsp3) is 0.519. The van der Waals surface area contributed by atoms with Crippen molar-refractivity contribution in [2.75, 3.05) is 13.2 Å². The molecule has 3 heterocycles. The molecule has 1 saturated heterocycles. The summed E-state index contributed by atoms with van der Waals surface area (Å²) in [6.07, 6.45) is 8.34. The summed E-state index contributed by atoms with van der Waals surface area (Å²) in [7, 11) is 0. The molecule has 2 aliphatic rings. The van der Waals surface area contributed by atoms with Crippen molar-refractivity contribution in [3.05, 3.63) is 51.9 Å². The first-order valence-electron chi connectivity index (χ1n) is 12.5. The van der Waals surface area contributed by atoms with Gasteiger partial charge in [0, 0.05) is 37.1 Å². The fourth-order valence-corrected chi connectivity index (χ4v) is 5.09. The fourth-order valence-electron chi connectivity index (χ4n) is 5.09. The van der Waals surface area contributed by atoms with Gasteiger partial charge in [-0.15, -0.1) is 0 Å². The second-order valence-electron chi connectivity index (χ2n) is 10.1. The van der Waals surface area contributed by atoms with Crippen molar-refractivity contribution < 1.29 is 14.6 Å². The van der Waals surface area contributed by atoms with Gasteiger partial charge in [0.25, 0.3) is 5.56 Å². The maximum Gasteiger partial charge on any atom is 0.306 e. The van der Waals surface area contributed by atoms with Gasteiger partial charge in [-0.1, -0.05) is 18.9 Å². The number of aromatic amines is 1. The molecule has 5 rings (SSSR count). The molecule has 1 aliphatic heterocycles. The topological polar surface area (TPSA) is 97.2 Å². The summed E-state index contributed by atoms with van der Waals surface area (Å²) in [5.41, 5.74) is 4.58. The van der Waals surface area contributed by atoms with E-state index in [2.05, 4.69) is 27.8 Å². The number of nitrogens with zero attached hydrogens (tertiary/aromatic N) is 2. The number of carboxylic acids is 1. The Labute approximate surface area is 199 Å². The van der Waals surface area contributed by atoms with Crippen LogP contribution in [0.25, 0.3) is 22.4 Å². The van der Waals surface area contributed by atoms with E-state index in [9.17, 15) is 14.7 Å². The molecule has 1 atom stereocenters. The van der Waals surface area contributed by atoms with Gasteiger partial charge in [-0.05, 0) is 74.6 Å². The summed E-state index contributed by atoms with van der Waals surface area (Å²) in [5.74, 6) is 1.04. The highest BCUT2D eigenvalue weighted by Gasteiger charge is 2.29. The molecular weight excluding hydrogens is 430 g/mol. The molecule has 1 aromatic carbocycles. The smallest absolute Gasteiger partial charge is 0.306 e. The average molecular weight is 464 g/mol. The highest BCUT2D eigenvalue weighted by atomic mass is 16.5. The number of fused-ring (bicyclic) bond motifs is 1. The first-order chi connectivity index (χ1) is 16.5. The van der Waals surface area contributed by atoms with E-state index in [1.54, 1.807) is 6.20 Å². The minimum atomic E-state index is -0.676. The van der Waals surface area contributed by atoms with E-state index in [0.29, 0.717) is 23.8 Å². The van der Waals surface area contributed by atoms with Gasteiger partial charge in [0.15, 0.2) is 0 Å². The van der Waals surface area contributed by atoms with E-state index in [0.717, 1.165) is 73.4 Å². The SMILES string of the molecule is Cc1cc(-c2nc3cc(CC[C@@H](CC4CC4)C(=O)O)ccc3n2CC2CCOCC2)c[nH]c1=O. The number of ether oxygens (including phenoxy) is 1. The highest BCUT2D eigenvalue weighted by molar-refractivity contribution is 5.81. The number of pyridine rings is 1. The summed E-state index contributed by atoms with van der Waals surface area (Å²) in [6.45, 7) is 4.25. The van der Waals surface area contributed by atoms with Gasteiger partial charge in [-0.2, -0.15) is 0 Å². The summed E-state index contributed by atoms with van der Waals surface area (Å²) in [6, 6.07) is 8.24. The molecule has 0 spiro atoms. The first kappa shape index (κ1) is 22.8. The Morgan fingerprint density at radius 3 is 2.71 bits per heavy atom. The molecule has 2 N–H and O–H groups in total. The van der Waals surface area contributed by atoms with Crippen LogP contribution in [0.4, 0.5) is 0 Å². The Morgan fingerprint density at radius 2 is 2.00 bits per heavy atom. The van der Waals surface area contributed by atoms with E-state index in [4.69, 9.17) is 9.72 Å². The standard InChI is InChI=1S/C27H33N3O4/c1-17-12-22(15-28-26(17)31)25-29-23-14-19(4-6-21(27(32)33)13-18-2-3-18)5-7-24(23)30(25)16-20-8-10-34-11-9-20/h5,7,12,14-15,18,20-21H,2-4,6,8-11,13,16H2,1H3,(H,28,31)(H,32,33)/t21-/m0/s1. The van der Waals surface area contributed by atoms with E-state index in [-0.39, 0.29) is 11.5 Å². The molecule has 0 radical (unpaired) electrons. The van der Waals surface area contributed by atoms with E-state index in [1.807, 2.05) is 13.0 Å². The highest BCUT2D eigenvalue weighted by Crippen LogP contribution is 2.37. The lowest BCUT2D eigenvalue weighted by molar-refractivity contribution is -0.142. The summed E-state index contributed by atoms with van der Waals surface area (Å²) < 4.78 is 7.82. The van der Waals surface area contributed by atoms with Gasteiger partial charge in [-0.25, -0.2) is 4.98 Å². The maximum absolute atomic E-state index is 11.9. The normalized spacial score (nSPS) is 17.8. The number of aliphatic carboxylic acids is 1. The van der Waals surface area contributed by atoms with Crippen LogP contribution < -0.4 is 5.56 Å². The van der Waals surface area contributed by atoms with Crippen molar-refractivity contribution in [1.29, 1.82) is 0 Å². The van der Waals surface area contributed by atoms with E-state index < -0.39 is 5.97 Å². The molecule has 2 aromatic heterocycles. The van der Waals surface area contributed by atoms with Crippen LogP contribution in [0.1, 0.15) is 49.7 Å². The van der Waals surface area contributed by atoms with Gasteiger partial charge in [-0.3, -0.25) is 9.59 Å². The lowest BCUT2D eigenvalue weighted by atomic mass is 9.94. The number of carbonyl (C=O) groups is 1. The lowest BCUT2D eigenvalue weighted by Crippen LogP contribution is -2.21. The number of hydrogen-bond acceptors (Lipinski definition) is 4. The Hall–Kier alpha value is -2.93. The van der Waals surface area contributed by atoms with E-state index >= 15 is 0 Å². The van der Waals surface area contributed by atoms with Crippen LogP contribution in [0.2, 0.25) is 0 Å². The summed E-state index contributed by atoms with van der Waals surface area (Å²) >= 11 is 0. The zero-order valence-corrected chi connectivity index (χ0v) is 19.8. The predicted octanol–water partition coefficient (Wildman–Crippen LogP) is 4.56. The van der Waals surface area contributed by atoms with Gasteiger partial charge in [0.2, 0.25) is 0 Å². The molecule has 34 heavy (non-hydrogen) atoms. The predicted molar refractivity (Wildman–Crippen MR) is 131 cm³/mol. The minimum Gasteiger partial charge on any atom is -0.481 e. The third kappa shape index (κ3) is 5.09. The number of carboxylic acid groups (broad SMARTS) is 1. The molecule has 7 heteroatoms. The molecule has 7 nitrogen and oxygen atoms in total. The number of benzene rings is 1. The molecule has 2 fully saturated rings. The zero-order chi connectivity index (χ0) is 23.7. The third-order valence-electron chi connectivity index (χ3n) is 7.39. The van der Waals surface area contributed by atoms with Gasteiger partial charge >= 0.3 is 5.97 Å². The van der Waals surface area contributed by atoms with Crippen LogP contribution in [-0.2, 0) is 22.5 Å². The zero-order valence-electron chi connectivity index (χ0n) is 19.8. The number of hydrogen-bond donors (Lipinski definition) is 2. The molecule has 1 aliphatic carbocycles. The number of nitrogens with one attached hydrogen (secondary N) is 1. The largest absolute Gasteiger partial charge is 0.481 e.